The molecule has 5 heterocycles. The molecular formula is C17H14N8. The van der Waals surface area contributed by atoms with E-state index in [2.05, 4.69) is 31.4 Å². The van der Waals surface area contributed by atoms with Crippen LogP contribution in [-0.4, -0.2) is 39.7 Å². The Morgan fingerprint density at radius 3 is 3.00 bits per heavy atom. The fourth-order valence-electron chi connectivity index (χ4n) is 2.94. The van der Waals surface area contributed by atoms with Crippen molar-refractivity contribution in [2.45, 2.75) is 6.54 Å². The lowest BCUT2D eigenvalue weighted by Crippen LogP contribution is -2.03. The van der Waals surface area contributed by atoms with Crippen LogP contribution in [0, 0.1) is 0 Å². The van der Waals surface area contributed by atoms with Crippen LogP contribution in [-0.2, 0) is 13.6 Å². The Morgan fingerprint density at radius 2 is 2.16 bits per heavy atom. The quantitative estimate of drug-likeness (QED) is 0.547. The van der Waals surface area contributed by atoms with Gasteiger partial charge in [-0.25, -0.2) is 14.6 Å². The van der Waals surface area contributed by atoms with E-state index in [-0.39, 0.29) is 0 Å². The van der Waals surface area contributed by atoms with Gasteiger partial charge >= 0.3 is 0 Å². The SMILES string of the molecule is Cn1cc(-c2ccc3nnn(Cc4cc5cccnc5[nH]4)c3n2)cn1. The summed E-state index contributed by atoms with van der Waals surface area (Å²) in [4.78, 5) is 12.4. The zero-order chi connectivity index (χ0) is 16.8. The van der Waals surface area contributed by atoms with Crippen LogP contribution in [0.15, 0.2) is 48.9 Å². The van der Waals surface area contributed by atoms with E-state index in [0.717, 1.165) is 39.1 Å². The van der Waals surface area contributed by atoms with E-state index in [1.807, 2.05) is 37.5 Å². The van der Waals surface area contributed by atoms with Crippen LogP contribution >= 0.6 is 0 Å². The minimum Gasteiger partial charge on any atom is -0.342 e. The van der Waals surface area contributed by atoms with Crippen LogP contribution in [0.3, 0.4) is 0 Å². The number of H-pyrrole nitrogens is 1. The van der Waals surface area contributed by atoms with E-state index in [4.69, 9.17) is 4.98 Å². The second-order valence-corrected chi connectivity index (χ2v) is 5.92. The fraction of sp³-hybridized carbons (Fsp3) is 0.118. The molecule has 0 amide bonds. The Labute approximate surface area is 142 Å². The van der Waals surface area contributed by atoms with Gasteiger partial charge in [0.05, 0.1) is 18.4 Å². The molecule has 0 saturated heterocycles. The average Bonchev–Trinajstić information content (AvgIpc) is 3.33. The van der Waals surface area contributed by atoms with Crippen LogP contribution in [0.2, 0.25) is 0 Å². The van der Waals surface area contributed by atoms with E-state index in [1.165, 1.54) is 0 Å². The van der Waals surface area contributed by atoms with Gasteiger partial charge in [0.2, 0.25) is 0 Å². The summed E-state index contributed by atoms with van der Waals surface area (Å²) < 4.78 is 3.55. The Hall–Kier alpha value is -3.55. The van der Waals surface area contributed by atoms with Crippen molar-refractivity contribution in [3.8, 4) is 11.3 Å². The normalized spacial score (nSPS) is 11.6. The average molecular weight is 330 g/mol. The number of nitrogens with one attached hydrogen (secondary N) is 1. The van der Waals surface area contributed by atoms with E-state index in [0.29, 0.717) is 6.54 Å². The first-order chi connectivity index (χ1) is 12.3. The lowest BCUT2D eigenvalue weighted by Gasteiger charge is -2.01. The first kappa shape index (κ1) is 13.8. The Morgan fingerprint density at radius 1 is 1.20 bits per heavy atom. The molecule has 0 radical (unpaired) electrons. The molecule has 1 N–H and O–H groups in total. The Balaban J connectivity index is 1.56. The topological polar surface area (TPSA) is 90.1 Å². The molecule has 8 heteroatoms. The molecule has 0 atom stereocenters. The molecule has 0 aliphatic carbocycles. The van der Waals surface area contributed by atoms with Gasteiger partial charge in [0.25, 0.3) is 0 Å². The van der Waals surface area contributed by atoms with Gasteiger partial charge < -0.3 is 4.98 Å². The number of pyridine rings is 2. The van der Waals surface area contributed by atoms with Gasteiger partial charge in [0.1, 0.15) is 11.2 Å². The first-order valence-corrected chi connectivity index (χ1v) is 7.88. The summed E-state index contributed by atoms with van der Waals surface area (Å²) in [6.07, 6.45) is 5.51. The van der Waals surface area contributed by atoms with Crippen molar-refractivity contribution < 1.29 is 0 Å². The molecule has 0 aromatic carbocycles. The summed E-state index contributed by atoms with van der Waals surface area (Å²) in [6, 6.07) is 9.89. The van der Waals surface area contributed by atoms with Crippen molar-refractivity contribution in [1.82, 2.24) is 39.7 Å². The van der Waals surface area contributed by atoms with Crippen molar-refractivity contribution in [3.63, 3.8) is 0 Å². The molecule has 122 valence electrons. The number of hydrogen-bond acceptors (Lipinski definition) is 5. The molecule has 5 rings (SSSR count). The molecule has 0 bridgehead atoms. The lowest BCUT2D eigenvalue weighted by molar-refractivity contribution is 0.656. The number of aromatic amines is 1. The van der Waals surface area contributed by atoms with Crippen molar-refractivity contribution in [2.75, 3.05) is 0 Å². The maximum atomic E-state index is 4.72. The van der Waals surface area contributed by atoms with Gasteiger partial charge in [-0.05, 0) is 30.3 Å². The summed E-state index contributed by atoms with van der Waals surface area (Å²) in [7, 11) is 1.89. The largest absolute Gasteiger partial charge is 0.342 e. The second kappa shape index (κ2) is 5.23. The molecule has 5 aromatic rings. The molecule has 0 saturated carbocycles. The molecule has 0 unspecified atom stereocenters. The third-order valence-electron chi connectivity index (χ3n) is 4.13. The maximum Gasteiger partial charge on any atom is 0.179 e. The maximum absolute atomic E-state index is 4.72. The number of fused-ring (bicyclic) bond motifs is 2. The molecule has 5 aromatic heterocycles. The molecule has 0 aliphatic heterocycles. The highest BCUT2D eigenvalue weighted by Crippen LogP contribution is 2.20. The van der Waals surface area contributed by atoms with Crippen molar-refractivity contribution >= 4 is 22.2 Å². The third kappa shape index (κ3) is 2.35. The number of aromatic nitrogens is 8. The minimum absolute atomic E-state index is 0.552. The van der Waals surface area contributed by atoms with E-state index < -0.39 is 0 Å². The number of nitrogens with zero attached hydrogens (tertiary/aromatic N) is 7. The van der Waals surface area contributed by atoms with Crippen LogP contribution in [0.25, 0.3) is 33.5 Å². The minimum atomic E-state index is 0.552. The number of rotatable bonds is 3. The Bertz CT molecular complexity index is 1160. The highest BCUT2D eigenvalue weighted by atomic mass is 15.4. The molecule has 0 fully saturated rings. The molecule has 0 aliphatic rings. The van der Waals surface area contributed by atoms with Crippen LogP contribution < -0.4 is 0 Å². The summed E-state index contributed by atoms with van der Waals surface area (Å²) in [5.41, 5.74) is 5.20. The summed E-state index contributed by atoms with van der Waals surface area (Å²) in [5.74, 6) is 0. The van der Waals surface area contributed by atoms with Gasteiger partial charge in [0, 0.05) is 36.1 Å². The van der Waals surface area contributed by atoms with Crippen LogP contribution in [0.5, 0.6) is 0 Å². The van der Waals surface area contributed by atoms with Crippen molar-refractivity contribution in [3.05, 3.63) is 54.6 Å². The van der Waals surface area contributed by atoms with Gasteiger partial charge in [-0.2, -0.15) is 5.10 Å². The van der Waals surface area contributed by atoms with E-state index in [1.54, 1.807) is 21.8 Å². The first-order valence-electron chi connectivity index (χ1n) is 7.88. The van der Waals surface area contributed by atoms with Gasteiger partial charge in [0.15, 0.2) is 5.65 Å². The summed E-state index contributed by atoms with van der Waals surface area (Å²) >= 11 is 0. The third-order valence-corrected chi connectivity index (χ3v) is 4.13. The summed E-state index contributed by atoms with van der Waals surface area (Å²) in [5, 5.41) is 13.7. The van der Waals surface area contributed by atoms with Gasteiger partial charge in [-0.15, -0.1) is 5.10 Å². The highest BCUT2D eigenvalue weighted by molar-refractivity contribution is 5.77. The van der Waals surface area contributed by atoms with Crippen molar-refractivity contribution in [2.24, 2.45) is 7.05 Å². The molecule has 25 heavy (non-hydrogen) atoms. The van der Waals surface area contributed by atoms with E-state index in [9.17, 15) is 0 Å². The highest BCUT2D eigenvalue weighted by Gasteiger charge is 2.11. The van der Waals surface area contributed by atoms with E-state index >= 15 is 0 Å². The second-order valence-electron chi connectivity index (χ2n) is 5.92. The fourth-order valence-corrected chi connectivity index (χ4v) is 2.94. The summed E-state index contributed by atoms with van der Waals surface area (Å²) in [6.45, 7) is 0.552. The zero-order valence-corrected chi connectivity index (χ0v) is 13.5. The predicted octanol–water partition coefficient (Wildman–Crippen LogP) is 2.15. The Kier molecular flexibility index (Phi) is 2.90. The molecule has 8 nitrogen and oxygen atoms in total. The number of aryl methyl sites for hydroxylation is 1. The zero-order valence-electron chi connectivity index (χ0n) is 13.5. The standard InChI is InChI=1S/C17H14N8/c1-24-9-12(8-19-24)14-4-5-15-17(21-14)25(23-22-15)10-13-7-11-3-2-6-18-16(11)20-13/h2-9H,10H2,1H3,(H,18,20). The predicted molar refractivity (Wildman–Crippen MR) is 92.7 cm³/mol. The van der Waals surface area contributed by atoms with Crippen LogP contribution in [0.4, 0.5) is 0 Å². The monoisotopic (exact) mass is 330 g/mol. The smallest absolute Gasteiger partial charge is 0.179 e. The van der Waals surface area contributed by atoms with Crippen molar-refractivity contribution in [1.29, 1.82) is 0 Å². The molecule has 0 spiro atoms. The molecular weight excluding hydrogens is 316 g/mol. The van der Waals surface area contributed by atoms with Gasteiger partial charge in [-0.1, -0.05) is 5.21 Å². The lowest BCUT2D eigenvalue weighted by atomic mass is 10.2. The van der Waals surface area contributed by atoms with Gasteiger partial charge in [-0.3, -0.25) is 4.68 Å². The number of hydrogen-bond donors (Lipinski definition) is 1. The van der Waals surface area contributed by atoms with Crippen LogP contribution in [0.1, 0.15) is 5.69 Å².